The molecule has 8 unspecified atom stereocenters. The van der Waals surface area contributed by atoms with E-state index in [2.05, 4.69) is 61.5 Å². The molecule has 4 aliphatic carbocycles. The van der Waals surface area contributed by atoms with Crippen molar-refractivity contribution >= 4 is 0 Å². The number of ether oxygens (including phenoxy) is 1. The summed E-state index contributed by atoms with van der Waals surface area (Å²) in [5, 5.41) is 0. The first-order valence-corrected chi connectivity index (χ1v) is 12.4. The molecule has 3 fully saturated rings. The summed E-state index contributed by atoms with van der Waals surface area (Å²) in [6, 6.07) is 0. The van der Waals surface area contributed by atoms with Crippen LogP contribution in [-0.2, 0) is 4.74 Å². The van der Waals surface area contributed by atoms with Crippen molar-refractivity contribution in [3.8, 4) is 0 Å². The second kappa shape index (κ2) is 6.86. The van der Waals surface area contributed by atoms with E-state index in [1.54, 1.807) is 0 Å². The highest BCUT2D eigenvalue weighted by molar-refractivity contribution is 5.30. The lowest BCUT2D eigenvalue weighted by Gasteiger charge is -2.61. The molecule has 0 radical (unpaired) electrons. The van der Waals surface area contributed by atoms with Gasteiger partial charge in [-0.05, 0) is 112 Å². The van der Waals surface area contributed by atoms with Crippen molar-refractivity contribution in [2.75, 3.05) is 0 Å². The Labute approximate surface area is 175 Å². The number of hydrogen-bond donors (Lipinski definition) is 0. The van der Waals surface area contributed by atoms with Gasteiger partial charge in [-0.2, -0.15) is 0 Å². The van der Waals surface area contributed by atoms with Crippen LogP contribution < -0.4 is 0 Å². The summed E-state index contributed by atoms with van der Waals surface area (Å²) in [7, 11) is 0. The Hall–Kier alpha value is -0.300. The van der Waals surface area contributed by atoms with Gasteiger partial charge in [0.1, 0.15) is 0 Å². The minimum Gasteiger partial charge on any atom is -0.376 e. The molecule has 0 amide bonds. The molecule has 0 aliphatic heterocycles. The molecule has 0 aromatic heterocycles. The predicted molar refractivity (Wildman–Crippen MR) is 119 cm³/mol. The summed E-state index contributed by atoms with van der Waals surface area (Å²) in [6.07, 6.45) is 13.4. The summed E-state index contributed by atoms with van der Waals surface area (Å²) in [5.74, 6) is 4.31. The minimum atomic E-state index is 0.347. The van der Waals surface area contributed by atoms with Gasteiger partial charge >= 0.3 is 0 Å². The van der Waals surface area contributed by atoms with Gasteiger partial charge in [-0.3, -0.25) is 0 Å². The van der Waals surface area contributed by atoms with Crippen molar-refractivity contribution in [3.63, 3.8) is 0 Å². The van der Waals surface area contributed by atoms with Crippen LogP contribution in [0.3, 0.4) is 0 Å². The van der Waals surface area contributed by atoms with Gasteiger partial charge in [0.25, 0.3) is 0 Å². The fourth-order valence-corrected chi connectivity index (χ4v) is 8.89. The number of allylic oxidation sites excluding steroid dienone is 2. The second-order valence-corrected chi connectivity index (χ2v) is 12.4. The molecule has 4 aliphatic rings. The third kappa shape index (κ3) is 2.89. The molecule has 1 heteroatoms. The topological polar surface area (TPSA) is 9.23 Å². The Kier molecular flexibility index (Phi) is 5.13. The Balaban J connectivity index is 1.62. The molecular formula is C27H46O. The highest BCUT2D eigenvalue weighted by Crippen LogP contribution is 2.69. The highest BCUT2D eigenvalue weighted by atomic mass is 16.5. The monoisotopic (exact) mass is 386 g/mol. The van der Waals surface area contributed by atoms with Crippen LogP contribution >= 0.6 is 0 Å². The standard InChI is InChI=1S/C27H46O/c1-17(2)28-19(4)21-10-11-22-20-9-12-24-25(5,6)18(3)13-15-27(24,8)23(20)14-16-26(21,22)7/h12,17-23H,9-11,13-16H2,1-8H3. The first-order chi connectivity index (χ1) is 13.0. The summed E-state index contributed by atoms with van der Waals surface area (Å²) in [4.78, 5) is 0. The Bertz CT molecular complexity index is 630. The van der Waals surface area contributed by atoms with Crippen LogP contribution in [0.1, 0.15) is 100 Å². The van der Waals surface area contributed by atoms with Crippen molar-refractivity contribution in [1.29, 1.82) is 0 Å². The average molecular weight is 387 g/mol. The van der Waals surface area contributed by atoms with Crippen LogP contribution in [0.2, 0.25) is 0 Å². The van der Waals surface area contributed by atoms with Gasteiger partial charge in [0.2, 0.25) is 0 Å². The van der Waals surface area contributed by atoms with Crippen molar-refractivity contribution in [3.05, 3.63) is 11.6 Å². The Morgan fingerprint density at radius 1 is 0.929 bits per heavy atom. The fourth-order valence-electron chi connectivity index (χ4n) is 8.89. The summed E-state index contributed by atoms with van der Waals surface area (Å²) in [6.45, 7) is 19.6. The predicted octanol–water partition coefficient (Wildman–Crippen LogP) is 7.65. The SMILES string of the molecule is CC(C)OC(C)C1CCC2C3CC=C4C(C)(C)C(C)CCC4(C)C3CCC12C. The van der Waals surface area contributed by atoms with Crippen LogP contribution in [0.4, 0.5) is 0 Å². The zero-order valence-electron chi connectivity index (χ0n) is 20.0. The Morgan fingerprint density at radius 3 is 2.32 bits per heavy atom. The third-order valence-corrected chi connectivity index (χ3v) is 10.6. The fraction of sp³-hybridized carbons (Fsp3) is 0.926. The van der Waals surface area contributed by atoms with Gasteiger partial charge in [0.05, 0.1) is 12.2 Å². The first-order valence-electron chi connectivity index (χ1n) is 12.4. The lowest BCUT2D eigenvalue weighted by atomic mass is 9.43. The molecule has 160 valence electrons. The van der Waals surface area contributed by atoms with E-state index in [1.807, 2.05) is 5.57 Å². The van der Waals surface area contributed by atoms with Crippen LogP contribution in [0.15, 0.2) is 11.6 Å². The molecule has 0 bridgehead atoms. The highest BCUT2D eigenvalue weighted by Gasteiger charge is 2.61. The van der Waals surface area contributed by atoms with Crippen molar-refractivity contribution in [2.24, 2.45) is 45.8 Å². The normalized spacial score (nSPS) is 48.5. The molecular weight excluding hydrogens is 340 g/mol. The zero-order chi connectivity index (χ0) is 20.5. The lowest BCUT2D eigenvalue weighted by molar-refractivity contribution is -0.0946. The molecule has 0 N–H and O–H groups in total. The van der Waals surface area contributed by atoms with Gasteiger partial charge in [-0.25, -0.2) is 0 Å². The average Bonchev–Trinajstić information content (AvgIpc) is 2.95. The summed E-state index contributed by atoms with van der Waals surface area (Å²) < 4.78 is 6.32. The Morgan fingerprint density at radius 2 is 1.64 bits per heavy atom. The van der Waals surface area contributed by atoms with Crippen molar-refractivity contribution in [1.82, 2.24) is 0 Å². The van der Waals surface area contributed by atoms with Gasteiger partial charge in [-0.15, -0.1) is 0 Å². The summed E-state index contributed by atoms with van der Waals surface area (Å²) >= 11 is 0. The number of fused-ring (bicyclic) bond motifs is 5. The molecule has 8 atom stereocenters. The largest absolute Gasteiger partial charge is 0.376 e. The van der Waals surface area contributed by atoms with E-state index >= 15 is 0 Å². The maximum Gasteiger partial charge on any atom is 0.0583 e. The van der Waals surface area contributed by atoms with E-state index in [4.69, 9.17) is 4.74 Å². The summed E-state index contributed by atoms with van der Waals surface area (Å²) in [5.41, 5.74) is 3.17. The number of hydrogen-bond acceptors (Lipinski definition) is 1. The van der Waals surface area contributed by atoms with Crippen LogP contribution in [0, 0.1) is 45.8 Å². The van der Waals surface area contributed by atoms with Gasteiger partial charge in [-0.1, -0.05) is 46.3 Å². The molecule has 0 aromatic carbocycles. The van der Waals surface area contributed by atoms with Crippen molar-refractivity contribution in [2.45, 2.75) is 113 Å². The van der Waals surface area contributed by atoms with E-state index < -0.39 is 0 Å². The van der Waals surface area contributed by atoms with Crippen LogP contribution in [0.25, 0.3) is 0 Å². The van der Waals surface area contributed by atoms with E-state index in [0.717, 1.165) is 29.6 Å². The molecule has 4 rings (SSSR count). The molecule has 0 saturated heterocycles. The van der Waals surface area contributed by atoms with E-state index in [9.17, 15) is 0 Å². The molecule has 3 saturated carbocycles. The molecule has 28 heavy (non-hydrogen) atoms. The quantitative estimate of drug-likeness (QED) is 0.452. The van der Waals surface area contributed by atoms with E-state index in [-0.39, 0.29) is 0 Å². The van der Waals surface area contributed by atoms with Gasteiger partial charge < -0.3 is 4.74 Å². The van der Waals surface area contributed by atoms with Gasteiger partial charge in [0, 0.05) is 0 Å². The zero-order valence-corrected chi connectivity index (χ0v) is 20.0. The van der Waals surface area contributed by atoms with Crippen LogP contribution in [0.5, 0.6) is 0 Å². The van der Waals surface area contributed by atoms with Crippen LogP contribution in [-0.4, -0.2) is 12.2 Å². The third-order valence-electron chi connectivity index (χ3n) is 10.6. The van der Waals surface area contributed by atoms with Crippen molar-refractivity contribution < 1.29 is 4.74 Å². The molecule has 0 spiro atoms. The number of rotatable bonds is 3. The van der Waals surface area contributed by atoms with E-state index in [0.29, 0.717) is 28.5 Å². The van der Waals surface area contributed by atoms with E-state index in [1.165, 1.54) is 44.9 Å². The van der Waals surface area contributed by atoms with Gasteiger partial charge in [0.15, 0.2) is 0 Å². The minimum absolute atomic E-state index is 0.347. The molecule has 0 aromatic rings. The molecule has 0 heterocycles. The first kappa shape index (κ1) is 21.0. The maximum absolute atomic E-state index is 6.32. The molecule has 1 nitrogen and oxygen atoms in total. The smallest absolute Gasteiger partial charge is 0.0583 e. The lowest BCUT2D eigenvalue weighted by Crippen LogP contribution is -2.53. The second-order valence-electron chi connectivity index (χ2n) is 12.4. The maximum atomic E-state index is 6.32.